The lowest BCUT2D eigenvalue weighted by Crippen LogP contribution is -2.16. The predicted molar refractivity (Wildman–Crippen MR) is 114 cm³/mol. The van der Waals surface area contributed by atoms with E-state index in [9.17, 15) is 19.2 Å². The van der Waals surface area contributed by atoms with Crippen LogP contribution >= 0.6 is 0 Å². The molecule has 0 aliphatic carbocycles. The molecular formula is C25H17NO5. The molecule has 1 N–H and O–H groups in total. The predicted octanol–water partition coefficient (Wildman–Crippen LogP) is 4.27. The van der Waals surface area contributed by atoms with E-state index < -0.39 is 24.1 Å². The third kappa shape index (κ3) is 4.18. The average molecular weight is 411 g/mol. The van der Waals surface area contributed by atoms with E-state index in [1.54, 1.807) is 36.5 Å². The Labute approximate surface area is 177 Å². The summed E-state index contributed by atoms with van der Waals surface area (Å²) in [4.78, 5) is 52.4. The standard InChI is InChI=1S/C25H17NO5/c27-22(20-14-26-21-9-5-4-8-19(20)21)15-31-25(30)18-12-10-17(11-13-18)24(29)23(28)16-6-2-1-3-7-16/h1-14,26H,15H2. The maximum atomic E-state index is 12.4. The lowest BCUT2D eigenvalue weighted by atomic mass is 10.0. The number of benzene rings is 3. The molecule has 0 atom stereocenters. The molecule has 0 aliphatic rings. The molecule has 0 aliphatic heterocycles. The molecular weight excluding hydrogens is 394 g/mol. The number of Topliss-reactive ketones (excluding diaryl/α,β-unsaturated/α-hetero) is 3. The fraction of sp³-hybridized carbons (Fsp3) is 0.0400. The van der Waals surface area contributed by atoms with Gasteiger partial charge in [-0.15, -0.1) is 0 Å². The SMILES string of the molecule is O=C(OCC(=O)c1c[nH]c2ccccc12)c1ccc(C(=O)C(=O)c2ccccc2)cc1. The molecule has 0 radical (unpaired) electrons. The van der Waals surface area contributed by atoms with Crippen molar-refractivity contribution >= 4 is 34.2 Å². The van der Waals surface area contributed by atoms with Crippen molar-refractivity contribution in [1.29, 1.82) is 0 Å². The van der Waals surface area contributed by atoms with Crippen LogP contribution in [0.5, 0.6) is 0 Å². The van der Waals surface area contributed by atoms with E-state index >= 15 is 0 Å². The van der Waals surface area contributed by atoms with Gasteiger partial charge in [0.05, 0.1) is 5.56 Å². The van der Waals surface area contributed by atoms with E-state index in [2.05, 4.69) is 4.98 Å². The third-order valence-electron chi connectivity index (χ3n) is 4.85. The number of hydrogen-bond acceptors (Lipinski definition) is 5. The maximum Gasteiger partial charge on any atom is 0.338 e. The number of para-hydroxylation sites is 1. The smallest absolute Gasteiger partial charge is 0.338 e. The van der Waals surface area contributed by atoms with Gasteiger partial charge < -0.3 is 9.72 Å². The van der Waals surface area contributed by atoms with Crippen molar-refractivity contribution in [3.63, 3.8) is 0 Å². The molecule has 0 saturated heterocycles. The van der Waals surface area contributed by atoms with Gasteiger partial charge in [0.1, 0.15) is 0 Å². The first-order valence-corrected chi connectivity index (χ1v) is 9.55. The van der Waals surface area contributed by atoms with Crippen molar-refractivity contribution < 1.29 is 23.9 Å². The molecule has 0 saturated carbocycles. The first-order valence-electron chi connectivity index (χ1n) is 9.55. The Bertz CT molecular complexity index is 1290. The molecule has 1 heterocycles. The molecule has 0 amide bonds. The molecule has 0 bridgehead atoms. The van der Waals surface area contributed by atoms with Crippen LogP contribution in [0, 0.1) is 0 Å². The minimum Gasteiger partial charge on any atom is -0.454 e. The zero-order chi connectivity index (χ0) is 21.8. The average Bonchev–Trinajstić information content (AvgIpc) is 3.26. The minimum atomic E-state index is -0.693. The van der Waals surface area contributed by atoms with Gasteiger partial charge in [-0.2, -0.15) is 0 Å². The number of carbonyl (C=O) groups is 4. The molecule has 31 heavy (non-hydrogen) atoms. The molecule has 0 spiro atoms. The van der Waals surface area contributed by atoms with Crippen LogP contribution in [-0.2, 0) is 4.74 Å². The van der Waals surface area contributed by atoms with Gasteiger partial charge in [0.15, 0.2) is 6.61 Å². The molecule has 152 valence electrons. The van der Waals surface area contributed by atoms with E-state index in [0.29, 0.717) is 11.1 Å². The summed E-state index contributed by atoms with van der Waals surface area (Å²) in [5.41, 5.74) is 1.91. The highest BCUT2D eigenvalue weighted by atomic mass is 16.5. The Morgan fingerprint density at radius 1 is 0.677 bits per heavy atom. The van der Waals surface area contributed by atoms with Crippen molar-refractivity contribution in [3.05, 3.63) is 107 Å². The fourth-order valence-electron chi connectivity index (χ4n) is 3.20. The lowest BCUT2D eigenvalue weighted by Gasteiger charge is -2.05. The van der Waals surface area contributed by atoms with Gasteiger partial charge in [0.2, 0.25) is 17.3 Å². The van der Waals surface area contributed by atoms with Gasteiger partial charge in [-0.3, -0.25) is 14.4 Å². The number of carbonyl (C=O) groups excluding carboxylic acids is 4. The number of ketones is 3. The van der Waals surface area contributed by atoms with Gasteiger partial charge in [-0.05, 0) is 18.2 Å². The van der Waals surface area contributed by atoms with Crippen LogP contribution in [0.25, 0.3) is 10.9 Å². The number of ether oxygens (including phenoxy) is 1. The maximum absolute atomic E-state index is 12.4. The zero-order valence-corrected chi connectivity index (χ0v) is 16.3. The van der Waals surface area contributed by atoms with Crippen LogP contribution in [-0.4, -0.2) is 34.9 Å². The topological polar surface area (TPSA) is 93.3 Å². The van der Waals surface area contributed by atoms with Crippen LogP contribution in [0.4, 0.5) is 0 Å². The zero-order valence-electron chi connectivity index (χ0n) is 16.3. The molecule has 4 rings (SSSR count). The summed E-state index contributed by atoms with van der Waals surface area (Å²) in [5.74, 6) is -2.31. The Kier molecular flexibility index (Phi) is 5.53. The van der Waals surface area contributed by atoms with Gasteiger partial charge in [-0.1, -0.05) is 60.7 Å². The van der Waals surface area contributed by atoms with Crippen LogP contribution in [0.2, 0.25) is 0 Å². The van der Waals surface area contributed by atoms with E-state index in [-0.39, 0.29) is 16.9 Å². The number of hydrogen-bond donors (Lipinski definition) is 1. The highest BCUT2D eigenvalue weighted by Crippen LogP contribution is 2.18. The monoisotopic (exact) mass is 411 g/mol. The molecule has 3 aromatic carbocycles. The molecule has 6 heteroatoms. The number of nitrogens with one attached hydrogen (secondary N) is 1. The van der Waals surface area contributed by atoms with E-state index in [0.717, 1.165) is 10.9 Å². The summed E-state index contributed by atoms with van der Waals surface area (Å²) in [7, 11) is 0. The van der Waals surface area contributed by atoms with Crippen molar-refractivity contribution in [1.82, 2.24) is 4.98 Å². The largest absolute Gasteiger partial charge is 0.454 e. The number of esters is 1. The number of aromatic nitrogens is 1. The minimum absolute atomic E-state index is 0.167. The molecule has 1 aromatic heterocycles. The highest BCUT2D eigenvalue weighted by Gasteiger charge is 2.19. The van der Waals surface area contributed by atoms with E-state index in [4.69, 9.17) is 4.74 Å². The normalized spacial score (nSPS) is 10.6. The van der Waals surface area contributed by atoms with Gasteiger partial charge in [-0.25, -0.2) is 4.79 Å². The highest BCUT2D eigenvalue weighted by molar-refractivity contribution is 6.49. The van der Waals surface area contributed by atoms with Crippen LogP contribution in [0.1, 0.15) is 41.4 Å². The second kappa shape index (κ2) is 8.59. The fourth-order valence-corrected chi connectivity index (χ4v) is 3.20. The van der Waals surface area contributed by atoms with Crippen molar-refractivity contribution in [2.45, 2.75) is 0 Å². The van der Waals surface area contributed by atoms with E-state index in [1.165, 1.54) is 24.3 Å². The molecule has 6 nitrogen and oxygen atoms in total. The molecule has 0 unspecified atom stereocenters. The van der Waals surface area contributed by atoms with Crippen molar-refractivity contribution in [2.24, 2.45) is 0 Å². The Balaban J connectivity index is 1.40. The number of aromatic amines is 1. The van der Waals surface area contributed by atoms with Gasteiger partial charge in [0, 0.05) is 33.8 Å². The van der Waals surface area contributed by atoms with Crippen molar-refractivity contribution in [3.8, 4) is 0 Å². The second-order valence-electron chi connectivity index (χ2n) is 6.85. The number of H-pyrrole nitrogens is 1. The van der Waals surface area contributed by atoms with Gasteiger partial charge >= 0.3 is 5.97 Å². The van der Waals surface area contributed by atoms with Crippen molar-refractivity contribution in [2.75, 3.05) is 6.61 Å². The lowest BCUT2D eigenvalue weighted by molar-refractivity contribution is 0.0475. The van der Waals surface area contributed by atoms with Crippen LogP contribution < -0.4 is 0 Å². The summed E-state index contributed by atoms with van der Waals surface area (Å²) in [6.45, 7) is -0.409. The summed E-state index contributed by atoms with van der Waals surface area (Å²) in [6.07, 6.45) is 1.59. The Morgan fingerprint density at radius 3 is 1.97 bits per heavy atom. The quantitative estimate of drug-likeness (QED) is 0.278. The van der Waals surface area contributed by atoms with Gasteiger partial charge in [0.25, 0.3) is 0 Å². The molecule has 4 aromatic rings. The van der Waals surface area contributed by atoms with Crippen LogP contribution in [0.3, 0.4) is 0 Å². The third-order valence-corrected chi connectivity index (χ3v) is 4.85. The second-order valence-corrected chi connectivity index (χ2v) is 6.85. The van der Waals surface area contributed by atoms with Crippen LogP contribution in [0.15, 0.2) is 85.1 Å². The van der Waals surface area contributed by atoms with E-state index in [1.807, 2.05) is 24.3 Å². The Hall–Kier alpha value is -4.32. The summed E-state index contributed by atoms with van der Waals surface area (Å²) >= 11 is 0. The number of rotatable bonds is 7. The first-order chi connectivity index (χ1) is 15.0. The Morgan fingerprint density at radius 2 is 1.26 bits per heavy atom. The summed E-state index contributed by atoms with van der Waals surface area (Å²) in [5, 5.41) is 0.759. The first kappa shape index (κ1) is 20.0. The summed E-state index contributed by atoms with van der Waals surface area (Å²) in [6, 6.07) is 21.2. The number of fused-ring (bicyclic) bond motifs is 1. The molecule has 0 fully saturated rings. The summed E-state index contributed by atoms with van der Waals surface area (Å²) < 4.78 is 5.13.